The van der Waals surface area contributed by atoms with Crippen LogP contribution in [-0.4, -0.2) is 27.7 Å². The monoisotopic (exact) mass is 454 g/mol. The van der Waals surface area contributed by atoms with Crippen LogP contribution in [0.3, 0.4) is 0 Å². The van der Waals surface area contributed by atoms with Crippen LogP contribution in [0.25, 0.3) is 16.5 Å². The maximum Gasteiger partial charge on any atom is 0.279 e. The quantitative estimate of drug-likeness (QED) is 0.422. The van der Waals surface area contributed by atoms with Gasteiger partial charge in [-0.15, -0.1) is 0 Å². The van der Waals surface area contributed by atoms with Gasteiger partial charge in [0.05, 0.1) is 23.1 Å². The molecule has 7 nitrogen and oxygen atoms in total. The van der Waals surface area contributed by atoms with E-state index in [1.165, 1.54) is 0 Å². The number of carbonyl (C=O) groups excluding carboxylic acids is 2. The number of amides is 2. The normalized spacial score (nSPS) is 13.9. The Morgan fingerprint density at radius 2 is 1.74 bits per heavy atom. The minimum atomic E-state index is -0.793. The number of aryl methyl sites for hydroxylation is 1. The zero-order valence-corrected chi connectivity index (χ0v) is 19.1. The van der Waals surface area contributed by atoms with E-state index in [1.807, 2.05) is 78.3 Å². The van der Waals surface area contributed by atoms with Gasteiger partial charge in [-0.25, -0.2) is 4.68 Å². The third-order valence-corrected chi connectivity index (χ3v) is 6.06. The largest absolute Gasteiger partial charge is 0.481 e. The summed E-state index contributed by atoms with van der Waals surface area (Å²) in [5, 5.41) is 6.61. The molecule has 1 aromatic heterocycles. The fraction of sp³-hybridized carbons (Fsp3) is 0.222. The molecule has 1 aliphatic carbocycles. The molecular formula is C27H26N4O3. The van der Waals surface area contributed by atoms with Gasteiger partial charge in [0.2, 0.25) is 0 Å². The first-order valence-corrected chi connectivity index (χ1v) is 11.4. The first kappa shape index (κ1) is 21.7. The third kappa shape index (κ3) is 4.37. The molecule has 172 valence electrons. The number of para-hydroxylation sites is 1. The summed E-state index contributed by atoms with van der Waals surface area (Å²) >= 11 is 0. The Bertz CT molecular complexity index is 1370. The van der Waals surface area contributed by atoms with Crippen molar-refractivity contribution in [2.45, 2.75) is 38.7 Å². The van der Waals surface area contributed by atoms with Gasteiger partial charge in [0.15, 0.2) is 6.10 Å². The number of benzene rings is 3. The van der Waals surface area contributed by atoms with Crippen molar-refractivity contribution in [3.63, 3.8) is 0 Å². The van der Waals surface area contributed by atoms with Crippen molar-refractivity contribution in [1.82, 2.24) is 20.6 Å². The summed E-state index contributed by atoms with van der Waals surface area (Å²) in [4.78, 5) is 25.5. The zero-order valence-electron chi connectivity index (χ0n) is 19.1. The van der Waals surface area contributed by atoms with Gasteiger partial charge in [0.1, 0.15) is 5.75 Å². The molecule has 7 heteroatoms. The molecular weight excluding hydrogens is 428 g/mol. The van der Waals surface area contributed by atoms with E-state index in [-0.39, 0.29) is 5.92 Å². The standard InChI is InChI=1S/C27H26N4O3/c1-17-7-3-6-10-24(17)31-25(20-11-12-20)23(16-28-31)27(33)30-29-26(32)18(2)34-22-14-13-19-8-4-5-9-21(19)15-22/h3-10,13-16,18,20H,11-12H2,1-2H3,(H,29,32)(H,30,33). The Hall–Kier alpha value is -4.13. The van der Waals surface area contributed by atoms with E-state index >= 15 is 0 Å². The summed E-state index contributed by atoms with van der Waals surface area (Å²) in [6.07, 6.45) is 2.80. The van der Waals surface area contributed by atoms with Gasteiger partial charge >= 0.3 is 0 Å². The van der Waals surface area contributed by atoms with Crippen LogP contribution in [0.15, 0.2) is 72.9 Å². The number of carbonyl (C=O) groups is 2. The van der Waals surface area contributed by atoms with Crippen LogP contribution in [0.4, 0.5) is 0 Å². The number of hydrazine groups is 1. The van der Waals surface area contributed by atoms with Crippen molar-refractivity contribution >= 4 is 22.6 Å². The Morgan fingerprint density at radius 1 is 1.00 bits per heavy atom. The van der Waals surface area contributed by atoms with Crippen molar-refractivity contribution in [2.75, 3.05) is 0 Å². The SMILES string of the molecule is Cc1ccccc1-n1ncc(C(=O)NNC(=O)C(C)Oc2ccc3ccccc3c2)c1C1CC1. The molecule has 2 amide bonds. The third-order valence-electron chi connectivity index (χ3n) is 6.06. The fourth-order valence-electron chi connectivity index (χ4n) is 4.06. The molecule has 0 aliphatic heterocycles. The van der Waals surface area contributed by atoms with E-state index in [9.17, 15) is 9.59 Å². The van der Waals surface area contributed by atoms with Crippen LogP contribution in [0, 0.1) is 6.92 Å². The average Bonchev–Trinajstić information content (AvgIpc) is 3.60. The van der Waals surface area contributed by atoms with Crippen molar-refractivity contribution in [3.8, 4) is 11.4 Å². The van der Waals surface area contributed by atoms with Crippen molar-refractivity contribution < 1.29 is 14.3 Å². The maximum atomic E-state index is 12.9. The number of rotatable bonds is 6. The van der Waals surface area contributed by atoms with Crippen LogP contribution in [0.5, 0.6) is 5.75 Å². The second-order valence-electron chi connectivity index (χ2n) is 8.63. The van der Waals surface area contributed by atoms with Gasteiger partial charge in [-0.2, -0.15) is 5.10 Å². The minimum absolute atomic E-state index is 0.286. The first-order chi connectivity index (χ1) is 16.5. The van der Waals surface area contributed by atoms with Crippen LogP contribution in [0.2, 0.25) is 0 Å². The molecule has 1 atom stereocenters. The summed E-state index contributed by atoms with van der Waals surface area (Å²) in [5.41, 5.74) is 8.38. The lowest BCUT2D eigenvalue weighted by molar-refractivity contribution is -0.128. The van der Waals surface area contributed by atoms with Crippen LogP contribution < -0.4 is 15.6 Å². The second kappa shape index (κ2) is 9.02. The maximum absolute atomic E-state index is 12.9. The summed E-state index contributed by atoms with van der Waals surface area (Å²) in [6, 6.07) is 21.5. The lowest BCUT2D eigenvalue weighted by Crippen LogP contribution is -2.47. The van der Waals surface area contributed by atoms with Crippen molar-refractivity contribution in [1.29, 1.82) is 0 Å². The molecule has 4 aromatic rings. The molecule has 0 bridgehead atoms. The molecule has 1 aliphatic rings. The van der Waals surface area contributed by atoms with E-state index in [0.717, 1.165) is 40.6 Å². The van der Waals surface area contributed by atoms with Gasteiger partial charge in [0, 0.05) is 5.92 Å². The van der Waals surface area contributed by atoms with E-state index in [2.05, 4.69) is 16.0 Å². The zero-order chi connectivity index (χ0) is 23.7. The molecule has 1 saturated carbocycles. The predicted octanol–water partition coefficient (Wildman–Crippen LogP) is 4.44. The Kier molecular flexibility index (Phi) is 5.76. The minimum Gasteiger partial charge on any atom is -0.481 e. The Labute approximate surface area is 197 Å². The predicted molar refractivity (Wildman–Crippen MR) is 130 cm³/mol. The lowest BCUT2D eigenvalue weighted by Gasteiger charge is -2.16. The number of hydrogen-bond acceptors (Lipinski definition) is 4. The lowest BCUT2D eigenvalue weighted by atomic mass is 10.1. The van der Waals surface area contributed by atoms with E-state index in [0.29, 0.717) is 11.3 Å². The van der Waals surface area contributed by atoms with Crippen LogP contribution >= 0.6 is 0 Å². The van der Waals surface area contributed by atoms with Gasteiger partial charge in [-0.3, -0.25) is 20.4 Å². The van der Waals surface area contributed by atoms with Crippen LogP contribution in [-0.2, 0) is 4.79 Å². The molecule has 0 radical (unpaired) electrons. The number of hydrogen-bond donors (Lipinski definition) is 2. The second-order valence-corrected chi connectivity index (χ2v) is 8.63. The fourth-order valence-corrected chi connectivity index (χ4v) is 4.06. The number of nitrogens with zero attached hydrogens (tertiary/aromatic N) is 2. The summed E-state index contributed by atoms with van der Waals surface area (Å²) in [7, 11) is 0. The van der Waals surface area contributed by atoms with Gasteiger partial charge in [-0.1, -0.05) is 48.5 Å². The molecule has 1 fully saturated rings. The highest BCUT2D eigenvalue weighted by molar-refractivity contribution is 5.97. The number of nitrogens with one attached hydrogen (secondary N) is 2. The highest BCUT2D eigenvalue weighted by Gasteiger charge is 2.33. The molecule has 1 unspecified atom stereocenters. The first-order valence-electron chi connectivity index (χ1n) is 11.4. The van der Waals surface area contributed by atoms with E-state index < -0.39 is 17.9 Å². The van der Waals surface area contributed by atoms with Gasteiger partial charge < -0.3 is 4.74 Å². The molecule has 1 heterocycles. The topological polar surface area (TPSA) is 85.3 Å². The van der Waals surface area contributed by atoms with Crippen LogP contribution in [0.1, 0.15) is 47.3 Å². The molecule has 34 heavy (non-hydrogen) atoms. The number of ether oxygens (including phenoxy) is 1. The van der Waals surface area contributed by atoms with E-state index in [1.54, 1.807) is 13.1 Å². The molecule has 0 spiro atoms. The summed E-state index contributed by atoms with van der Waals surface area (Å²) in [5.74, 6) is 0.0330. The summed E-state index contributed by atoms with van der Waals surface area (Å²) < 4.78 is 7.63. The molecule has 3 aromatic carbocycles. The van der Waals surface area contributed by atoms with Gasteiger partial charge in [-0.05, 0) is 61.2 Å². The number of fused-ring (bicyclic) bond motifs is 1. The Morgan fingerprint density at radius 3 is 2.50 bits per heavy atom. The average molecular weight is 455 g/mol. The highest BCUT2D eigenvalue weighted by Crippen LogP contribution is 2.42. The van der Waals surface area contributed by atoms with E-state index in [4.69, 9.17) is 4.74 Å². The molecule has 0 saturated heterocycles. The Balaban J connectivity index is 1.26. The van der Waals surface area contributed by atoms with Crippen molar-refractivity contribution in [2.24, 2.45) is 0 Å². The molecule has 2 N–H and O–H groups in total. The van der Waals surface area contributed by atoms with Gasteiger partial charge in [0.25, 0.3) is 11.8 Å². The highest BCUT2D eigenvalue weighted by atomic mass is 16.5. The number of aromatic nitrogens is 2. The van der Waals surface area contributed by atoms with Crippen molar-refractivity contribution in [3.05, 3.63) is 89.7 Å². The molecule has 5 rings (SSSR count). The summed E-state index contributed by atoms with van der Waals surface area (Å²) in [6.45, 7) is 3.66. The smallest absolute Gasteiger partial charge is 0.279 e.